The molecule has 2 aromatic carbocycles. The molecule has 0 radical (unpaired) electrons. The molecule has 0 spiro atoms. The van der Waals surface area contributed by atoms with E-state index in [-0.39, 0.29) is 17.4 Å². The van der Waals surface area contributed by atoms with Gasteiger partial charge < -0.3 is 9.64 Å². The van der Waals surface area contributed by atoms with Gasteiger partial charge in [-0.05, 0) is 42.8 Å². The molecule has 0 aliphatic rings. The predicted molar refractivity (Wildman–Crippen MR) is 110 cm³/mol. The van der Waals surface area contributed by atoms with E-state index in [0.717, 1.165) is 5.56 Å². The zero-order valence-corrected chi connectivity index (χ0v) is 16.8. The summed E-state index contributed by atoms with van der Waals surface area (Å²) >= 11 is 18.4. The van der Waals surface area contributed by atoms with E-state index in [1.807, 2.05) is 19.1 Å². The summed E-state index contributed by atoms with van der Waals surface area (Å²) in [5, 5.41) is 1.30. The van der Waals surface area contributed by atoms with Crippen LogP contribution < -0.4 is 9.64 Å². The Morgan fingerprint density at radius 1 is 1.04 bits per heavy atom. The maximum Gasteiger partial charge on any atom is 0.263 e. The van der Waals surface area contributed by atoms with Gasteiger partial charge in [-0.25, -0.2) is 4.98 Å². The first-order valence-electron chi connectivity index (χ1n) is 7.99. The molecule has 1 heterocycles. The van der Waals surface area contributed by atoms with Crippen molar-refractivity contribution in [2.75, 3.05) is 11.9 Å². The van der Waals surface area contributed by atoms with Crippen molar-refractivity contribution < 1.29 is 9.53 Å². The lowest BCUT2D eigenvalue weighted by Crippen LogP contribution is -2.27. The molecule has 0 saturated heterocycles. The number of aryl methyl sites for hydroxylation is 1. The highest BCUT2D eigenvalue weighted by atomic mass is 35.5. The minimum Gasteiger partial charge on any atom is -0.437 e. The summed E-state index contributed by atoms with van der Waals surface area (Å²) in [6, 6.07) is 13.6. The molecule has 7 heteroatoms. The van der Waals surface area contributed by atoms with Crippen molar-refractivity contribution in [3.8, 4) is 11.6 Å². The quantitative estimate of drug-likeness (QED) is 0.488. The summed E-state index contributed by atoms with van der Waals surface area (Å²) in [4.78, 5) is 18.8. The Hall–Kier alpha value is -2.27. The first-order chi connectivity index (χ1) is 12.9. The number of anilines is 1. The minimum absolute atomic E-state index is 0.128. The average molecular weight is 422 g/mol. The Morgan fingerprint density at radius 3 is 2.56 bits per heavy atom. The highest BCUT2D eigenvalue weighted by molar-refractivity contribution is 6.34. The molecule has 27 heavy (non-hydrogen) atoms. The Morgan fingerprint density at radius 2 is 1.81 bits per heavy atom. The lowest BCUT2D eigenvalue weighted by atomic mass is 10.1. The van der Waals surface area contributed by atoms with Crippen LogP contribution in [0.2, 0.25) is 15.1 Å². The zero-order valence-electron chi connectivity index (χ0n) is 14.5. The number of halogens is 3. The van der Waals surface area contributed by atoms with Gasteiger partial charge in [0.2, 0.25) is 5.88 Å². The second-order valence-corrected chi connectivity index (χ2v) is 7.05. The van der Waals surface area contributed by atoms with Crippen molar-refractivity contribution in [2.45, 2.75) is 6.92 Å². The van der Waals surface area contributed by atoms with Crippen LogP contribution in [0.25, 0.3) is 0 Å². The first-order valence-corrected chi connectivity index (χ1v) is 9.13. The van der Waals surface area contributed by atoms with Gasteiger partial charge in [0, 0.05) is 24.3 Å². The summed E-state index contributed by atoms with van der Waals surface area (Å²) in [5.41, 5.74) is 1.78. The number of hydrogen-bond acceptors (Lipinski definition) is 3. The molecule has 3 aromatic rings. The summed E-state index contributed by atoms with van der Waals surface area (Å²) in [6.07, 6.45) is 1.53. The number of carbonyl (C=O) groups excluding carboxylic acids is 1. The van der Waals surface area contributed by atoms with Crippen molar-refractivity contribution in [3.05, 3.63) is 80.9 Å². The Balaban J connectivity index is 1.98. The molecule has 1 aromatic heterocycles. The minimum atomic E-state index is -0.313. The van der Waals surface area contributed by atoms with Crippen molar-refractivity contribution in [1.82, 2.24) is 4.98 Å². The third-order valence-electron chi connectivity index (χ3n) is 3.93. The van der Waals surface area contributed by atoms with Gasteiger partial charge in [-0.3, -0.25) is 4.79 Å². The van der Waals surface area contributed by atoms with Crippen LogP contribution in [0.5, 0.6) is 11.6 Å². The summed E-state index contributed by atoms with van der Waals surface area (Å²) < 4.78 is 5.78. The molecule has 0 N–H and O–H groups in total. The van der Waals surface area contributed by atoms with Crippen LogP contribution in [0.15, 0.2) is 54.7 Å². The lowest BCUT2D eigenvalue weighted by Gasteiger charge is -2.22. The summed E-state index contributed by atoms with van der Waals surface area (Å²) in [7, 11) is 1.65. The predicted octanol–water partition coefficient (Wildman–Crippen LogP) is 6.42. The fourth-order valence-electron chi connectivity index (χ4n) is 2.62. The fraction of sp³-hybridized carbons (Fsp3) is 0.100. The highest BCUT2D eigenvalue weighted by Crippen LogP contribution is 2.34. The number of nitrogens with zero attached hydrogens (tertiary/aromatic N) is 2. The fourth-order valence-corrected chi connectivity index (χ4v) is 3.29. The second-order valence-electron chi connectivity index (χ2n) is 5.80. The van der Waals surface area contributed by atoms with E-state index in [9.17, 15) is 4.79 Å². The average Bonchev–Trinajstić information content (AvgIpc) is 2.64. The molecule has 138 valence electrons. The molecule has 0 saturated carbocycles. The van der Waals surface area contributed by atoms with Gasteiger partial charge in [0.15, 0.2) is 0 Å². The molecule has 0 fully saturated rings. The number of rotatable bonds is 4. The topological polar surface area (TPSA) is 42.4 Å². The molecule has 1 amide bonds. The third kappa shape index (κ3) is 4.19. The SMILES string of the molecule is Cc1cccc(Cl)c1N(C)C(=O)c1cccnc1Oc1cc(Cl)ccc1Cl. The van der Waals surface area contributed by atoms with Crippen molar-refractivity contribution in [2.24, 2.45) is 0 Å². The normalized spacial score (nSPS) is 10.6. The van der Waals surface area contributed by atoms with Gasteiger partial charge in [0.25, 0.3) is 5.91 Å². The van der Waals surface area contributed by atoms with Crippen LogP contribution in [-0.2, 0) is 0 Å². The van der Waals surface area contributed by atoms with Crippen molar-refractivity contribution in [1.29, 1.82) is 0 Å². The molecule has 4 nitrogen and oxygen atoms in total. The maximum atomic E-state index is 13.1. The molecule has 0 atom stereocenters. The van der Waals surface area contributed by atoms with Crippen LogP contribution >= 0.6 is 34.8 Å². The molecular formula is C20H15Cl3N2O2. The summed E-state index contributed by atoms with van der Waals surface area (Å²) in [6.45, 7) is 1.89. The number of hydrogen-bond donors (Lipinski definition) is 0. The third-order valence-corrected chi connectivity index (χ3v) is 4.78. The number of pyridine rings is 1. The standard InChI is InChI=1S/C20H15Cl3N2O2/c1-12-5-3-7-16(23)18(12)25(2)20(26)14-6-4-10-24-19(14)27-17-11-13(21)8-9-15(17)22/h3-11H,1-2H3. The van der Waals surface area contributed by atoms with Crippen LogP contribution in [0.4, 0.5) is 5.69 Å². The lowest BCUT2D eigenvalue weighted by molar-refractivity contribution is 0.0990. The van der Waals surface area contributed by atoms with Gasteiger partial charge >= 0.3 is 0 Å². The van der Waals surface area contributed by atoms with Crippen LogP contribution in [0.1, 0.15) is 15.9 Å². The zero-order chi connectivity index (χ0) is 19.6. The molecule has 0 aliphatic carbocycles. The molecule has 0 unspecified atom stereocenters. The van der Waals surface area contributed by atoms with Gasteiger partial charge in [0.05, 0.1) is 15.7 Å². The van der Waals surface area contributed by atoms with E-state index < -0.39 is 0 Å². The molecule has 0 bridgehead atoms. The maximum absolute atomic E-state index is 13.1. The summed E-state index contributed by atoms with van der Waals surface area (Å²) in [5.74, 6) is 0.129. The number of amides is 1. The largest absolute Gasteiger partial charge is 0.437 e. The highest BCUT2D eigenvalue weighted by Gasteiger charge is 2.22. The Labute approximate surface area is 172 Å². The van der Waals surface area contributed by atoms with Gasteiger partial charge in [-0.2, -0.15) is 0 Å². The molecule has 0 aliphatic heterocycles. The first kappa shape index (κ1) is 19.5. The number of benzene rings is 2. The van der Waals surface area contributed by atoms with Crippen LogP contribution in [0, 0.1) is 6.92 Å². The van der Waals surface area contributed by atoms with E-state index in [0.29, 0.717) is 26.5 Å². The molecular weight excluding hydrogens is 407 g/mol. The van der Waals surface area contributed by atoms with Gasteiger partial charge in [-0.1, -0.05) is 46.9 Å². The number of aromatic nitrogens is 1. The van der Waals surface area contributed by atoms with Crippen molar-refractivity contribution >= 4 is 46.4 Å². The van der Waals surface area contributed by atoms with E-state index in [1.165, 1.54) is 11.1 Å². The Bertz CT molecular complexity index is 988. The number of para-hydroxylation sites is 1. The second kappa shape index (κ2) is 8.17. The Kier molecular flexibility index (Phi) is 5.90. The van der Waals surface area contributed by atoms with E-state index >= 15 is 0 Å². The molecule has 3 rings (SSSR count). The van der Waals surface area contributed by atoms with Crippen LogP contribution in [-0.4, -0.2) is 17.9 Å². The monoisotopic (exact) mass is 420 g/mol. The van der Waals surface area contributed by atoms with Crippen LogP contribution in [0.3, 0.4) is 0 Å². The smallest absolute Gasteiger partial charge is 0.263 e. The van der Waals surface area contributed by atoms with Gasteiger partial charge in [-0.15, -0.1) is 0 Å². The van der Waals surface area contributed by atoms with Crippen molar-refractivity contribution in [3.63, 3.8) is 0 Å². The number of ether oxygens (including phenoxy) is 1. The van der Waals surface area contributed by atoms with E-state index in [1.54, 1.807) is 43.4 Å². The van der Waals surface area contributed by atoms with Gasteiger partial charge in [0.1, 0.15) is 11.3 Å². The number of carbonyl (C=O) groups is 1. The van der Waals surface area contributed by atoms with E-state index in [4.69, 9.17) is 39.5 Å². The van der Waals surface area contributed by atoms with E-state index in [2.05, 4.69) is 4.98 Å².